The van der Waals surface area contributed by atoms with E-state index in [-0.39, 0.29) is 5.91 Å². The first-order chi connectivity index (χ1) is 11.2. The van der Waals surface area contributed by atoms with Gasteiger partial charge in [-0.2, -0.15) is 0 Å². The lowest BCUT2D eigenvalue weighted by Gasteiger charge is -2.12. The average Bonchev–Trinajstić information content (AvgIpc) is 2.98. The van der Waals surface area contributed by atoms with Gasteiger partial charge in [-0.25, -0.2) is 4.39 Å². The van der Waals surface area contributed by atoms with Crippen molar-refractivity contribution in [3.8, 4) is 11.5 Å². The van der Waals surface area contributed by atoms with E-state index in [0.29, 0.717) is 35.7 Å². The Morgan fingerprint density at radius 3 is 2.74 bits per heavy atom. The molecule has 0 bridgehead atoms. The molecule has 116 valence electrons. The molecule has 23 heavy (non-hydrogen) atoms. The predicted molar refractivity (Wildman–Crippen MR) is 80.1 cm³/mol. The van der Waals surface area contributed by atoms with Crippen molar-refractivity contribution in [2.75, 3.05) is 5.32 Å². The van der Waals surface area contributed by atoms with Crippen LogP contribution >= 0.6 is 0 Å². The zero-order chi connectivity index (χ0) is 15.9. The number of anilines is 1. The molecular formula is C17H13FN2O3. The van der Waals surface area contributed by atoms with Crippen molar-refractivity contribution < 1.29 is 18.1 Å². The van der Waals surface area contributed by atoms with Gasteiger partial charge in [0.15, 0.2) is 5.76 Å². The molecule has 1 amide bonds. The maximum atomic E-state index is 13.2. The van der Waals surface area contributed by atoms with Crippen molar-refractivity contribution in [3.63, 3.8) is 0 Å². The van der Waals surface area contributed by atoms with Crippen LogP contribution in [0.15, 0.2) is 57.7 Å². The number of halogens is 1. The van der Waals surface area contributed by atoms with E-state index in [1.54, 1.807) is 36.6 Å². The molecule has 4 rings (SSSR count). The van der Waals surface area contributed by atoms with Crippen LogP contribution in [0, 0.1) is 5.82 Å². The minimum absolute atomic E-state index is 0.206. The Morgan fingerprint density at radius 1 is 1.17 bits per heavy atom. The summed E-state index contributed by atoms with van der Waals surface area (Å²) < 4.78 is 23.8. The van der Waals surface area contributed by atoms with E-state index in [0.717, 1.165) is 0 Å². The van der Waals surface area contributed by atoms with Gasteiger partial charge in [0.05, 0.1) is 17.4 Å². The van der Waals surface area contributed by atoms with Gasteiger partial charge in [0.1, 0.15) is 5.82 Å². The molecule has 6 heteroatoms. The van der Waals surface area contributed by atoms with Gasteiger partial charge in [-0.1, -0.05) is 11.2 Å². The Kier molecular flexibility index (Phi) is 3.04. The standard InChI is InChI=1S/C17H13FN2O3/c18-11-3-1-4-12(9-11)19-16(21)17(6-7-17)15-10-14(23-20-15)13-5-2-8-22-13/h1-5,8-10H,6-7H2,(H,19,21). The highest BCUT2D eigenvalue weighted by molar-refractivity contribution is 6.01. The fraction of sp³-hybridized carbons (Fsp3) is 0.176. The first kappa shape index (κ1) is 13.8. The molecule has 0 spiro atoms. The molecule has 3 aromatic rings. The molecule has 0 saturated heterocycles. The number of benzene rings is 1. The molecular weight excluding hydrogens is 299 g/mol. The van der Waals surface area contributed by atoms with Crippen molar-refractivity contribution in [2.24, 2.45) is 0 Å². The van der Waals surface area contributed by atoms with Gasteiger partial charge >= 0.3 is 0 Å². The van der Waals surface area contributed by atoms with Gasteiger partial charge in [0.2, 0.25) is 11.7 Å². The minimum Gasteiger partial charge on any atom is -0.461 e. The summed E-state index contributed by atoms with van der Waals surface area (Å²) in [5.74, 6) is 0.441. The highest BCUT2D eigenvalue weighted by atomic mass is 19.1. The average molecular weight is 312 g/mol. The van der Waals surface area contributed by atoms with Crippen LogP contribution in [0.25, 0.3) is 11.5 Å². The Morgan fingerprint density at radius 2 is 2.04 bits per heavy atom. The number of amides is 1. The number of carbonyl (C=O) groups excluding carboxylic acids is 1. The maximum Gasteiger partial charge on any atom is 0.236 e. The van der Waals surface area contributed by atoms with Crippen LogP contribution in [0.2, 0.25) is 0 Å². The minimum atomic E-state index is -0.708. The lowest BCUT2D eigenvalue weighted by molar-refractivity contribution is -0.118. The summed E-state index contributed by atoms with van der Waals surface area (Å²) >= 11 is 0. The summed E-state index contributed by atoms with van der Waals surface area (Å²) in [5.41, 5.74) is 0.287. The normalized spacial score (nSPS) is 15.3. The van der Waals surface area contributed by atoms with E-state index in [1.807, 2.05) is 0 Å². The SMILES string of the molecule is O=C(Nc1cccc(F)c1)C1(c2cc(-c3ccco3)on2)CC1. The molecule has 0 unspecified atom stereocenters. The molecule has 1 aliphatic rings. The molecule has 2 aromatic heterocycles. The number of aromatic nitrogens is 1. The number of carbonyl (C=O) groups is 1. The Hall–Kier alpha value is -2.89. The Labute approximate surface area is 131 Å². The van der Waals surface area contributed by atoms with Crippen LogP contribution in [0.4, 0.5) is 10.1 Å². The fourth-order valence-electron chi connectivity index (χ4n) is 2.58. The Bertz CT molecular complexity index is 850. The van der Waals surface area contributed by atoms with Gasteiger partial charge in [-0.15, -0.1) is 0 Å². The highest BCUT2D eigenvalue weighted by Crippen LogP contribution is 2.49. The van der Waals surface area contributed by atoms with E-state index in [2.05, 4.69) is 10.5 Å². The molecule has 1 fully saturated rings. The van der Waals surface area contributed by atoms with Gasteiger partial charge in [-0.3, -0.25) is 4.79 Å². The first-order valence-corrected chi connectivity index (χ1v) is 7.25. The monoisotopic (exact) mass is 312 g/mol. The van der Waals surface area contributed by atoms with Crippen molar-refractivity contribution in [2.45, 2.75) is 18.3 Å². The number of furan rings is 1. The first-order valence-electron chi connectivity index (χ1n) is 7.25. The zero-order valence-corrected chi connectivity index (χ0v) is 12.1. The second-order valence-corrected chi connectivity index (χ2v) is 5.60. The van der Waals surface area contributed by atoms with Crippen molar-refractivity contribution in [1.29, 1.82) is 0 Å². The van der Waals surface area contributed by atoms with Crippen LogP contribution in [-0.2, 0) is 10.2 Å². The van der Waals surface area contributed by atoms with Crippen LogP contribution < -0.4 is 5.32 Å². The van der Waals surface area contributed by atoms with E-state index in [1.165, 1.54) is 12.1 Å². The molecule has 0 aliphatic heterocycles. The zero-order valence-electron chi connectivity index (χ0n) is 12.1. The van der Waals surface area contributed by atoms with Crippen molar-refractivity contribution in [1.82, 2.24) is 5.16 Å². The summed E-state index contributed by atoms with van der Waals surface area (Å²) in [6.45, 7) is 0. The van der Waals surface area contributed by atoms with Crippen LogP contribution in [0.3, 0.4) is 0 Å². The number of nitrogens with zero attached hydrogens (tertiary/aromatic N) is 1. The number of rotatable bonds is 4. The summed E-state index contributed by atoms with van der Waals surface area (Å²) in [4.78, 5) is 12.6. The van der Waals surface area contributed by atoms with E-state index in [4.69, 9.17) is 8.94 Å². The van der Waals surface area contributed by atoms with E-state index >= 15 is 0 Å². The van der Waals surface area contributed by atoms with Crippen LogP contribution in [0.5, 0.6) is 0 Å². The summed E-state index contributed by atoms with van der Waals surface area (Å²) in [6.07, 6.45) is 2.90. The topological polar surface area (TPSA) is 68.3 Å². The smallest absolute Gasteiger partial charge is 0.236 e. The quantitative estimate of drug-likeness (QED) is 0.796. The highest BCUT2D eigenvalue weighted by Gasteiger charge is 2.54. The molecule has 1 saturated carbocycles. The lowest BCUT2D eigenvalue weighted by atomic mass is 10.0. The van der Waals surface area contributed by atoms with Crippen molar-refractivity contribution >= 4 is 11.6 Å². The molecule has 0 atom stereocenters. The molecule has 5 nitrogen and oxygen atoms in total. The number of nitrogens with one attached hydrogen (secondary N) is 1. The van der Waals surface area contributed by atoms with E-state index < -0.39 is 11.2 Å². The largest absolute Gasteiger partial charge is 0.461 e. The van der Waals surface area contributed by atoms with Gasteiger partial charge in [-0.05, 0) is 43.2 Å². The van der Waals surface area contributed by atoms with Gasteiger partial charge < -0.3 is 14.3 Å². The summed E-state index contributed by atoms with van der Waals surface area (Å²) in [7, 11) is 0. The molecule has 0 radical (unpaired) electrons. The van der Waals surface area contributed by atoms with Crippen molar-refractivity contribution in [3.05, 3.63) is 60.2 Å². The lowest BCUT2D eigenvalue weighted by Crippen LogP contribution is -2.28. The van der Waals surface area contributed by atoms with Gasteiger partial charge in [0.25, 0.3) is 0 Å². The molecule has 1 aromatic carbocycles. The molecule has 1 aliphatic carbocycles. The number of hydrogen-bond acceptors (Lipinski definition) is 4. The van der Waals surface area contributed by atoms with Gasteiger partial charge in [0, 0.05) is 11.8 Å². The second-order valence-electron chi connectivity index (χ2n) is 5.60. The third-order valence-electron chi connectivity index (χ3n) is 4.03. The van der Waals surface area contributed by atoms with Crippen LogP contribution in [0.1, 0.15) is 18.5 Å². The second kappa shape index (κ2) is 5.08. The summed E-state index contributed by atoms with van der Waals surface area (Å²) in [6, 6.07) is 11.0. The fourth-order valence-corrected chi connectivity index (χ4v) is 2.58. The third kappa shape index (κ3) is 2.42. The summed E-state index contributed by atoms with van der Waals surface area (Å²) in [5, 5.41) is 6.76. The maximum absolute atomic E-state index is 13.2. The number of hydrogen-bond donors (Lipinski definition) is 1. The molecule has 2 heterocycles. The predicted octanol–water partition coefficient (Wildman–Crippen LogP) is 3.74. The molecule has 1 N–H and O–H groups in total. The van der Waals surface area contributed by atoms with E-state index in [9.17, 15) is 9.18 Å². The third-order valence-corrected chi connectivity index (χ3v) is 4.03. The Balaban J connectivity index is 1.57. The van der Waals surface area contributed by atoms with Crippen LogP contribution in [-0.4, -0.2) is 11.1 Å².